The standard InChI is InChI=1S/C13H14N2/c1-9(2)10(3)11-6-12-7-14-5-4-13(12)15-8-11/h4-8H,1-3H3. The highest BCUT2D eigenvalue weighted by Crippen LogP contribution is 2.20. The van der Waals surface area contributed by atoms with Crippen molar-refractivity contribution in [3.8, 4) is 0 Å². The smallest absolute Gasteiger partial charge is 0.0733 e. The number of pyridine rings is 2. The minimum absolute atomic E-state index is 0.996. The average Bonchev–Trinajstić information content (AvgIpc) is 2.27. The van der Waals surface area contributed by atoms with Gasteiger partial charge in [0.05, 0.1) is 5.52 Å². The van der Waals surface area contributed by atoms with Crippen LogP contribution in [0.4, 0.5) is 0 Å². The summed E-state index contributed by atoms with van der Waals surface area (Å²) < 4.78 is 0. The molecule has 2 heterocycles. The summed E-state index contributed by atoms with van der Waals surface area (Å²) >= 11 is 0. The van der Waals surface area contributed by atoms with Gasteiger partial charge in [-0.05, 0) is 44.0 Å². The summed E-state index contributed by atoms with van der Waals surface area (Å²) in [5.41, 5.74) is 4.78. The second-order valence-corrected chi connectivity index (χ2v) is 3.92. The Balaban J connectivity index is 2.62. The molecule has 0 radical (unpaired) electrons. The van der Waals surface area contributed by atoms with Crippen LogP contribution in [0.1, 0.15) is 26.3 Å². The van der Waals surface area contributed by atoms with Crippen LogP contribution in [0.15, 0.2) is 36.3 Å². The average molecular weight is 198 g/mol. The first-order valence-electron chi connectivity index (χ1n) is 5.02. The van der Waals surface area contributed by atoms with Crippen LogP contribution in [0, 0.1) is 0 Å². The Labute approximate surface area is 89.7 Å². The molecule has 0 N–H and O–H groups in total. The van der Waals surface area contributed by atoms with Crippen molar-refractivity contribution in [2.45, 2.75) is 20.8 Å². The molecule has 0 aliphatic heterocycles. The van der Waals surface area contributed by atoms with E-state index in [-0.39, 0.29) is 0 Å². The molecule has 2 aromatic rings. The van der Waals surface area contributed by atoms with E-state index in [0.717, 1.165) is 10.9 Å². The highest BCUT2D eigenvalue weighted by Gasteiger charge is 2.00. The molecule has 2 aromatic heterocycles. The van der Waals surface area contributed by atoms with E-state index < -0.39 is 0 Å². The molecule has 0 saturated heterocycles. The van der Waals surface area contributed by atoms with Crippen molar-refractivity contribution in [1.29, 1.82) is 0 Å². The maximum atomic E-state index is 4.41. The molecule has 2 nitrogen and oxygen atoms in total. The third-order valence-corrected chi connectivity index (χ3v) is 2.66. The van der Waals surface area contributed by atoms with E-state index >= 15 is 0 Å². The SMILES string of the molecule is CC(C)=C(C)c1cnc2ccncc2c1. The lowest BCUT2D eigenvalue weighted by atomic mass is 10.0. The Morgan fingerprint density at radius 1 is 1.13 bits per heavy atom. The van der Waals surface area contributed by atoms with Crippen LogP contribution in [-0.4, -0.2) is 9.97 Å². The first-order valence-corrected chi connectivity index (χ1v) is 5.02. The molecule has 0 fully saturated rings. The molecule has 0 saturated carbocycles. The molecule has 0 amide bonds. The van der Waals surface area contributed by atoms with Gasteiger partial charge in [-0.25, -0.2) is 0 Å². The maximum absolute atomic E-state index is 4.41. The Kier molecular flexibility index (Phi) is 2.50. The van der Waals surface area contributed by atoms with E-state index in [0.29, 0.717) is 0 Å². The lowest BCUT2D eigenvalue weighted by Crippen LogP contribution is -1.86. The zero-order chi connectivity index (χ0) is 10.8. The molecule has 0 aliphatic carbocycles. The molecule has 0 unspecified atom stereocenters. The predicted molar refractivity (Wildman–Crippen MR) is 63.5 cm³/mol. The normalized spacial score (nSPS) is 10.3. The van der Waals surface area contributed by atoms with Crippen LogP contribution in [0.5, 0.6) is 0 Å². The van der Waals surface area contributed by atoms with Crippen molar-refractivity contribution in [2.24, 2.45) is 0 Å². The highest BCUT2D eigenvalue weighted by atomic mass is 14.7. The van der Waals surface area contributed by atoms with Crippen LogP contribution in [0.2, 0.25) is 0 Å². The summed E-state index contributed by atoms with van der Waals surface area (Å²) in [5.74, 6) is 0. The van der Waals surface area contributed by atoms with Crippen LogP contribution >= 0.6 is 0 Å². The van der Waals surface area contributed by atoms with Gasteiger partial charge in [0, 0.05) is 24.0 Å². The van der Waals surface area contributed by atoms with Gasteiger partial charge < -0.3 is 0 Å². The number of hydrogen-bond acceptors (Lipinski definition) is 2. The number of allylic oxidation sites excluding steroid dienone is 2. The molecule has 0 aliphatic rings. The van der Waals surface area contributed by atoms with Gasteiger partial charge in [0.15, 0.2) is 0 Å². The van der Waals surface area contributed by atoms with Gasteiger partial charge in [0.2, 0.25) is 0 Å². The lowest BCUT2D eigenvalue weighted by molar-refractivity contribution is 1.30. The first-order chi connectivity index (χ1) is 7.18. The molecule has 2 heteroatoms. The van der Waals surface area contributed by atoms with Gasteiger partial charge in [-0.15, -0.1) is 0 Å². The minimum Gasteiger partial charge on any atom is -0.264 e. The lowest BCUT2D eigenvalue weighted by Gasteiger charge is -2.04. The molecule has 2 rings (SSSR count). The van der Waals surface area contributed by atoms with E-state index in [1.165, 1.54) is 16.7 Å². The summed E-state index contributed by atoms with van der Waals surface area (Å²) in [6.07, 6.45) is 5.54. The third kappa shape index (κ3) is 1.89. The Hall–Kier alpha value is -1.70. The molecule has 0 atom stereocenters. The second kappa shape index (κ2) is 3.81. The van der Waals surface area contributed by atoms with E-state index in [1.54, 1.807) is 6.20 Å². The predicted octanol–water partition coefficient (Wildman–Crippen LogP) is 3.44. The number of aromatic nitrogens is 2. The Bertz CT molecular complexity index is 523. The fraction of sp³-hybridized carbons (Fsp3) is 0.231. The number of nitrogens with zero attached hydrogens (tertiary/aromatic N) is 2. The second-order valence-electron chi connectivity index (χ2n) is 3.92. The summed E-state index contributed by atoms with van der Waals surface area (Å²) in [6, 6.07) is 4.06. The zero-order valence-electron chi connectivity index (χ0n) is 9.28. The van der Waals surface area contributed by atoms with E-state index in [9.17, 15) is 0 Å². The summed E-state index contributed by atoms with van der Waals surface area (Å²) in [6.45, 7) is 6.35. The molecule has 15 heavy (non-hydrogen) atoms. The van der Waals surface area contributed by atoms with Gasteiger partial charge in [-0.3, -0.25) is 9.97 Å². The van der Waals surface area contributed by atoms with Crippen LogP contribution in [0.3, 0.4) is 0 Å². The van der Waals surface area contributed by atoms with Crippen molar-refractivity contribution in [3.05, 3.63) is 41.9 Å². The van der Waals surface area contributed by atoms with Crippen LogP contribution in [-0.2, 0) is 0 Å². The Morgan fingerprint density at radius 2 is 1.93 bits per heavy atom. The quantitative estimate of drug-likeness (QED) is 0.701. The van der Waals surface area contributed by atoms with Gasteiger partial charge in [-0.2, -0.15) is 0 Å². The minimum atomic E-state index is 0.996. The van der Waals surface area contributed by atoms with Crippen LogP contribution < -0.4 is 0 Å². The van der Waals surface area contributed by atoms with Gasteiger partial charge in [-0.1, -0.05) is 5.57 Å². The van der Waals surface area contributed by atoms with E-state index in [2.05, 4.69) is 36.8 Å². The number of rotatable bonds is 1. The Morgan fingerprint density at radius 3 is 2.67 bits per heavy atom. The van der Waals surface area contributed by atoms with Gasteiger partial charge >= 0.3 is 0 Å². The van der Waals surface area contributed by atoms with Crippen molar-refractivity contribution >= 4 is 16.5 Å². The summed E-state index contributed by atoms with van der Waals surface area (Å²) in [7, 11) is 0. The van der Waals surface area contributed by atoms with E-state index in [4.69, 9.17) is 0 Å². The number of hydrogen-bond donors (Lipinski definition) is 0. The summed E-state index contributed by atoms with van der Waals surface area (Å²) in [4.78, 5) is 8.51. The van der Waals surface area contributed by atoms with Crippen molar-refractivity contribution in [1.82, 2.24) is 9.97 Å². The fourth-order valence-electron chi connectivity index (χ4n) is 1.47. The maximum Gasteiger partial charge on any atom is 0.0733 e. The molecule has 0 spiro atoms. The largest absolute Gasteiger partial charge is 0.264 e. The van der Waals surface area contributed by atoms with Crippen LogP contribution in [0.25, 0.3) is 16.5 Å². The van der Waals surface area contributed by atoms with Crippen molar-refractivity contribution < 1.29 is 0 Å². The molecular weight excluding hydrogens is 184 g/mol. The molecular formula is C13H14N2. The molecule has 0 aromatic carbocycles. The molecule has 76 valence electrons. The fourth-order valence-corrected chi connectivity index (χ4v) is 1.47. The zero-order valence-corrected chi connectivity index (χ0v) is 9.28. The monoisotopic (exact) mass is 198 g/mol. The molecule has 0 bridgehead atoms. The van der Waals surface area contributed by atoms with Crippen molar-refractivity contribution in [3.63, 3.8) is 0 Å². The topological polar surface area (TPSA) is 25.8 Å². The number of fused-ring (bicyclic) bond motifs is 1. The third-order valence-electron chi connectivity index (χ3n) is 2.66. The van der Waals surface area contributed by atoms with Gasteiger partial charge in [0.25, 0.3) is 0 Å². The van der Waals surface area contributed by atoms with Crippen molar-refractivity contribution in [2.75, 3.05) is 0 Å². The highest BCUT2D eigenvalue weighted by molar-refractivity contribution is 5.81. The van der Waals surface area contributed by atoms with E-state index in [1.807, 2.05) is 18.5 Å². The summed E-state index contributed by atoms with van der Waals surface area (Å²) in [5, 5.41) is 1.09. The van der Waals surface area contributed by atoms with Gasteiger partial charge in [0.1, 0.15) is 0 Å². The first kappa shape index (κ1) is 9.84.